The highest BCUT2D eigenvalue weighted by molar-refractivity contribution is 5.97. The van der Waals surface area contributed by atoms with Crippen LogP contribution >= 0.6 is 0 Å². The number of carbonyl (C=O) groups is 1. The highest BCUT2D eigenvalue weighted by Gasteiger charge is 2.39. The Kier molecular flexibility index (Phi) is 4.57. The Morgan fingerprint density at radius 1 is 0.933 bits per heavy atom. The zero-order chi connectivity index (χ0) is 20.8. The number of ether oxygens (including phenoxy) is 4. The van der Waals surface area contributed by atoms with E-state index in [1.165, 1.54) is 24.0 Å². The van der Waals surface area contributed by atoms with Crippen LogP contribution in [0.5, 0.6) is 17.2 Å². The topological polar surface area (TPSA) is 66.0 Å². The van der Waals surface area contributed by atoms with Gasteiger partial charge in [-0.05, 0) is 66.1 Å². The van der Waals surface area contributed by atoms with Gasteiger partial charge in [-0.1, -0.05) is 6.07 Å². The summed E-state index contributed by atoms with van der Waals surface area (Å²) in [4.78, 5) is 12.7. The molecule has 1 N–H and O–H groups in total. The van der Waals surface area contributed by atoms with Crippen LogP contribution in [0.2, 0.25) is 0 Å². The van der Waals surface area contributed by atoms with Gasteiger partial charge in [-0.3, -0.25) is 0 Å². The van der Waals surface area contributed by atoms with E-state index in [9.17, 15) is 4.79 Å². The van der Waals surface area contributed by atoms with Gasteiger partial charge < -0.3 is 24.3 Å². The van der Waals surface area contributed by atoms with Gasteiger partial charge in [-0.15, -0.1) is 0 Å². The molecule has 0 spiro atoms. The minimum atomic E-state index is -0.278. The summed E-state index contributed by atoms with van der Waals surface area (Å²) < 4.78 is 22.0. The smallest absolute Gasteiger partial charge is 0.337 e. The molecule has 0 unspecified atom stereocenters. The second kappa shape index (κ2) is 7.27. The lowest BCUT2D eigenvalue weighted by Crippen LogP contribution is -2.21. The molecule has 0 aromatic heterocycles. The second-order valence-corrected chi connectivity index (χ2v) is 7.90. The van der Waals surface area contributed by atoms with Gasteiger partial charge in [-0.2, -0.15) is 0 Å². The normalized spacial score (nSPS) is 19.3. The van der Waals surface area contributed by atoms with Crippen LogP contribution in [0.1, 0.15) is 41.0 Å². The summed E-state index contributed by atoms with van der Waals surface area (Å²) in [7, 11) is 4.78. The standard InChI is InChI=1S/C24H25NO5/c1-27-19-10-15(11-20(28-2)23(19)29-3)21-16-8-13-6-4-5-7-14(13)9-17(16)25-18-12-30-24(26)22(18)21/h8-11,21,25H,4-7,12H2,1-3H3/t21-/m0/s1. The van der Waals surface area contributed by atoms with E-state index in [1.807, 2.05) is 12.1 Å². The van der Waals surface area contributed by atoms with Gasteiger partial charge in [0, 0.05) is 11.6 Å². The molecule has 0 radical (unpaired) electrons. The Labute approximate surface area is 175 Å². The summed E-state index contributed by atoms with van der Waals surface area (Å²) in [6, 6.07) is 8.37. The van der Waals surface area contributed by atoms with Crippen molar-refractivity contribution in [1.82, 2.24) is 0 Å². The maximum absolute atomic E-state index is 12.7. The van der Waals surface area contributed by atoms with Crippen LogP contribution in [0.15, 0.2) is 35.5 Å². The van der Waals surface area contributed by atoms with Crippen molar-refractivity contribution in [2.45, 2.75) is 31.6 Å². The van der Waals surface area contributed by atoms with Crippen LogP contribution in [0.25, 0.3) is 0 Å². The van der Waals surface area contributed by atoms with Gasteiger partial charge in [0.2, 0.25) is 5.75 Å². The molecule has 2 aromatic carbocycles. The van der Waals surface area contributed by atoms with Crippen molar-refractivity contribution in [1.29, 1.82) is 0 Å². The fourth-order valence-electron chi connectivity index (χ4n) is 4.90. The molecule has 0 fully saturated rings. The first-order valence-electron chi connectivity index (χ1n) is 10.3. The highest BCUT2D eigenvalue weighted by atomic mass is 16.5. The highest BCUT2D eigenvalue weighted by Crippen LogP contribution is 2.49. The lowest BCUT2D eigenvalue weighted by Gasteiger charge is -2.30. The zero-order valence-corrected chi connectivity index (χ0v) is 17.5. The van der Waals surface area contributed by atoms with E-state index in [0.717, 1.165) is 35.4 Å². The molecule has 2 heterocycles. The van der Waals surface area contributed by atoms with Crippen LogP contribution in [0.4, 0.5) is 5.69 Å². The first-order chi connectivity index (χ1) is 14.6. The number of carbonyl (C=O) groups excluding carboxylic acids is 1. The molecule has 6 nitrogen and oxygen atoms in total. The first-order valence-corrected chi connectivity index (χ1v) is 10.3. The van der Waals surface area contributed by atoms with Gasteiger partial charge >= 0.3 is 5.97 Å². The molecule has 2 aliphatic heterocycles. The van der Waals surface area contributed by atoms with Crippen molar-refractivity contribution < 1.29 is 23.7 Å². The third kappa shape index (κ3) is 2.82. The number of esters is 1. The molecule has 6 heteroatoms. The molecular weight excluding hydrogens is 382 g/mol. The van der Waals surface area contributed by atoms with Crippen LogP contribution in [0.3, 0.4) is 0 Å². The van der Waals surface area contributed by atoms with E-state index >= 15 is 0 Å². The Balaban J connectivity index is 1.73. The minimum absolute atomic E-state index is 0.257. The predicted molar refractivity (Wildman–Crippen MR) is 113 cm³/mol. The fourth-order valence-corrected chi connectivity index (χ4v) is 4.90. The van der Waals surface area contributed by atoms with E-state index in [2.05, 4.69) is 17.4 Å². The Hall–Kier alpha value is -3.15. The molecule has 5 rings (SSSR count). The zero-order valence-electron chi connectivity index (χ0n) is 17.5. The number of hydrogen-bond donors (Lipinski definition) is 1. The average molecular weight is 407 g/mol. The van der Waals surface area contributed by atoms with Crippen LogP contribution < -0.4 is 19.5 Å². The van der Waals surface area contributed by atoms with Crippen molar-refractivity contribution in [2.75, 3.05) is 33.3 Å². The fraction of sp³-hybridized carbons (Fsp3) is 0.375. The lowest BCUT2D eigenvalue weighted by atomic mass is 9.78. The summed E-state index contributed by atoms with van der Waals surface area (Å²) in [5, 5.41) is 3.47. The minimum Gasteiger partial charge on any atom is -0.493 e. The Morgan fingerprint density at radius 2 is 1.60 bits per heavy atom. The molecule has 3 aliphatic rings. The number of hydrogen-bond acceptors (Lipinski definition) is 6. The summed E-state index contributed by atoms with van der Waals surface area (Å²) in [5.41, 5.74) is 7.30. The molecule has 156 valence electrons. The third-order valence-electron chi connectivity index (χ3n) is 6.31. The molecule has 0 bridgehead atoms. The summed E-state index contributed by atoms with van der Waals surface area (Å²) in [6.07, 6.45) is 4.59. The summed E-state index contributed by atoms with van der Waals surface area (Å²) in [5.74, 6) is 1.13. The number of rotatable bonds is 4. The largest absolute Gasteiger partial charge is 0.493 e. The number of fused-ring (bicyclic) bond motifs is 2. The average Bonchev–Trinajstić information content (AvgIpc) is 3.15. The van der Waals surface area contributed by atoms with Crippen molar-refractivity contribution in [2.24, 2.45) is 0 Å². The van der Waals surface area contributed by atoms with Gasteiger partial charge in [0.1, 0.15) is 6.61 Å². The first kappa shape index (κ1) is 18.9. The number of benzene rings is 2. The quantitative estimate of drug-likeness (QED) is 0.774. The lowest BCUT2D eigenvalue weighted by molar-refractivity contribution is -0.136. The van der Waals surface area contributed by atoms with E-state index in [-0.39, 0.29) is 18.5 Å². The van der Waals surface area contributed by atoms with Crippen molar-refractivity contribution in [3.05, 3.63) is 57.8 Å². The molecular formula is C24H25NO5. The number of aryl methyl sites for hydroxylation is 2. The van der Waals surface area contributed by atoms with Crippen LogP contribution in [-0.4, -0.2) is 33.9 Å². The number of nitrogens with one attached hydrogen (secondary N) is 1. The predicted octanol–water partition coefficient (Wildman–Crippen LogP) is 3.96. The number of methoxy groups -OCH3 is 3. The van der Waals surface area contributed by atoms with E-state index in [1.54, 1.807) is 21.3 Å². The van der Waals surface area contributed by atoms with Crippen LogP contribution in [0, 0.1) is 0 Å². The molecule has 1 atom stereocenters. The molecule has 0 amide bonds. The van der Waals surface area contributed by atoms with Crippen molar-refractivity contribution >= 4 is 11.7 Å². The molecule has 1 aliphatic carbocycles. The van der Waals surface area contributed by atoms with Crippen molar-refractivity contribution in [3.8, 4) is 17.2 Å². The molecule has 0 saturated heterocycles. The molecule has 0 saturated carbocycles. The van der Waals surface area contributed by atoms with Crippen molar-refractivity contribution in [3.63, 3.8) is 0 Å². The maximum Gasteiger partial charge on any atom is 0.337 e. The van der Waals surface area contributed by atoms with E-state index < -0.39 is 0 Å². The van der Waals surface area contributed by atoms with Gasteiger partial charge in [-0.25, -0.2) is 4.79 Å². The maximum atomic E-state index is 12.7. The second-order valence-electron chi connectivity index (χ2n) is 7.90. The van der Waals surface area contributed by atoms with Crippen LogP contribution in [-0.2, 0) is 22.4 Å². The Bertz CT molecular complexity index is 1050. The van der Waals surface area contributed by atoms with E-state index in [4.69, 9.17) is 18.9 Å². The number of anilines is 1. The monoisotopic (exact) mass is 407 g/mol. The molecule has 30 heavy (non-hydrogen) atoms. The number of cyclic esters (lactones) is 1. The summed E-state index contributed by atoms with van der Waals surface area (Å²) in [6.45, 7) is 0.269. The van der Waals surface area contributed by atoms with Gasteiger partial charge in [0.05, 0.1) is 32.6 Å². The summed E-state index contributed by atoms with van der Waals surface area (Å²) >= 11 is 0. The van der Waals surface area contributed by atoms with Gasteiger partial charge in [0.25, 0.3) is 0 Å². The molecule has 2 aromatic rings. The Morgan fingerprint density at radius 3 is 2.23 bits per heavy atom. The van der Waals surface area contributed by atoms with Gasteiger partial charge in [0.15, 0.2) is 11.5 Å². The third-order valence-corrected chi connectivity index (χ3v) is 6.31. The van der Waals surface area contributed by atoms with E-state index in [0.29, 0.717) is 22.8 Å². The SMILES string of the molecule is COc1cc([C@@H]2C3=C(COC3=O)Nc3cc4c(cc32)CCCC4)cc(OC)c1OC.